The molecule has 0 atom stereocenters. The second-order valence-electron chi connectivity index (χ2n) is 4.30. The number of nitrogens with one attached hydrogen (secondary N) is 2. The van der Waals surface area contributed by atoms with E-state index in [0.29, 0.717) is 24.4 Å². The summed E-state index contributed by atoms with van der Waals surface area (Å²) in [6.45, 7) is 1.83. The van der Waals surface area contributed by atoms with E-state index in [0.717, 1.165) is 0 Å². The highest BCUT2D eigenvalue weighted by Crippen LogP contribution is 2.18. The average molecular weight is 294 g/mol. The number of aliphatic carboxylic acids is 1. The van der Waals surface area contributed by atoms with Crippen molar-refractivity contribution in [3.05, 3.63) is 29.8 Å². The largest absolute Gasteiger partial charge is 0.483 e. The summed E-state index contributed by atoms with van der Waals surface area (Å²) in [6, 6.07) is 6.66. The molecule has 1 rings (SSSR count). The van der Waals surface area contributed by atoms with Crippen molar-refractivity contribution in [2.75, 3.05) is 19.7 Å². The number of hydrogen-bond acceptors (Lipinski definition) is 4. The van der Waals surface area contributed by atoms with Crippen LogP contribution in [0.2, 0.25) is 0 Å². The van der Waals surface area contributed by atoms with Gasteiger partial charge in [0.1, 0.15) is 5.75 Å². The maximum absolute atomic E-state index is 11.5. The van der Waals surface area contributed by atoms with E-state index in [1.807, 2.05) is 0 Å². The molecular weight excluding hydrogens is 276 g/mol. The third-order valence-corrected chi connectivity index (χ3v) is 2.49. The lowest BCUT2D eigenvalue weighted by Crippen LogP contribution is -2.36. The van der Waals surface area contributed by atoms with E-state index >= 15 is 0 Å². The van der Waals surface area contributed by atoms with Crippen LogP contribution in [0.25, 0.3) is 0 Å². The highest BCUT2D eigenvalue weighted by molar-refractivity contribution is 5.78. The van der Waals surface area contributed by atoms with Crippen molar-refractivity contribution in [1.29, 1.82) is 0 Å². The SMILES string of the molecule is CC(=O)NCCNC(=O)COc1ccccc1CC(=O)O. The Balaban J connectivity index is 2.39. The Labute approximate surface area is 122 Å². The van der Waals surface area contributed by atoms with E-state index < -0.39 is 5.97 Å². The van der Waals surface area contributed by atoms with Crippen LogP contribution in [0.3, 0.4) is 0 Å². The molecule has 1 aromatic rings. The zero-order valence-corrected chi connectivity index (χ0v) is 11.7. The fraction of sp³-hybridized carbons (Fsp3) is 0.357. The lowest BCUT2D eigenvalue weighted by Gasteiger charge is -2.10. The molecule has 0 aliphatic heterocycles. The third kappa shape index (κ3) is 6.95. The minimum Gasteiger partial charge on any atom is -0.483 e. The first-order valence-corrected chi connectivity index (χ1v) is 6.42. The molecule has 114 valence electrons. The van der Waals surface area contributed by atoms with Crippen LogP contribution in [0.4, 0.5) is 0 Å². The molecule has 2 amide bonds. The summed E-state index contributed by atoms with van der Waals surface area (Å²) in [5, 5.41) is 13.9. The summed E-state index contributed by atoms with van der Waals surface area (Å²) in [5.74, 6) is -1.10. The van der Waals surface area contributed by atoms with Gasteiger partial charge in [-0.2, -0.15) is 0 Å². The number of rotatable bonds is 8. The fourth-order valence-electron chi connectivity index (χ4n) is 1.59. The van der Waals surface area contributed by atoms with Gasteiger partial charge in [0.25, 0.3) is 5.91 Å². The first kappa shape index (κ1) is 16.5. The molecule has 0 radical (unpaired) electrons. The number of carbonyl (C=O) groups excluding carboxylic acids is 2. The lowest BCUT2D eigenvalue weighted by atomic mass is 10.1. The number of benzene rings is 1. The molecule has 7 nitrogen and oxygen atoms in total. The molecule has 0 saturated heterocycles. The number of carboxylic acid groups (broad SMARTS) is 1. The molecule has 0 spiro atoms. The standard InChI is InChI=1S/C14H18N2O5/c1-10(17)15-6-7-16-13(18)9-21-12-5-3-2-4-11(12)8-14(19)20/h2-5H,6-9H2,1H3,(H,15,17)(H,16,18)(H,19,20). The van der Waals surface area contributed by atoms with E-state index in [1.165, 1.54) is 6.92 Å². The van der Waals surface area contributed by atoms with Crippen molar-refractivity contribution in [3.8, 4) is 5.75 Å². The Morgan fingerprint density at radius 3 is 2.48 bits per heavy atom. The maximum atomic E-state index is 11.5. The van der Waals surface area contributed by atoms with E-state index in [9.17, 15) is 14.4 Å². The summed E-state index contributed by atoms with van der Waals surface area (Å²) >= 11 is 0. The van der Waals surface area contributed by atoms with Gasteiger partial charge in [-0.25, -0.2) is 0 Å². The van der Waals surface area contributed by atoms with E-state index in [-0.39, 0.29) is 24.8 Å². The Morgan fingerprint density at radius 2 is 1.81 bits per heavy atom. The van der Waals surface area contributed by atoms with Gasteiger partial charge in [0.05, 0.1) is 6.42 Å². The Bertz CT molecular complexity index is 516. The van der Waals surface area contributed by atoms with Gasteiger partial charge in [-0.05, 0) is 6.07 Å². The smallest absolute Gasteiger partial charge is 0.307 e. The van der Waals surface area contributed by atoms with Crippen molar-refractivity contribution in [1.82, 2.24) is 10.6 Å². The molecule has 1 aromatic carbocycles. The van der Waals surface area contributed by atoms with Gasteiger partial charge in [-0.3, -0.25) is 14.4 Å². The molecule has 7 heteroatoms. The van der Waals surface area contributed by atoms with Crippen molar-refractivity contribution < 1.29 is 24.2 Å². The van der Waals surface area contributed by atoms with Crippen LogP contribution in [-0.4, -0.2) is 42.6 Å². The van der Waals surface area contributed by atoms with Crippen molar-refractivity contribution >= 4 is 17.8 Å². The van der Waals surface area contributed by atoms with Crippen molar-refractivity contribution in [2.45, 2.75) is 13.3 Å². The quantitative estimate of drug-likeness (QED) is 0.583. The van der Waals surface area contributed by atoms with Crippen LogP contribution >= 0.6 is 0 Å². The number of amides is 2. The molecule has 0 unspecified atom stereocenters. The summed E-state index contributed by atoms with van der Waals surface area (Å²) in [7, 11) is 0. The van der Waals surface area contributed by atoms with Crippen molar-refractivity contribution in [3.63, 3.8) is 0 Å². The highest BCUT2D eigenvalue weighted by atomic mass is 16.5. The second kappa shape index (κ2) is 8.57. The molecule has 0 aliphatic carbocycles. The van der Waals surface area contributed by atoms with Crippen LogP contribution in [0.15, 0.2) is 24.3 Å². The van der Waals surface area contributed by atoms with E-state index in [1.54, 1.807) is 24.3 Å². The van der Waals surface area contributed by atoms with Gasteiger partial charge in [-0.1, -0.05) is 18.2 Å². The molecule has 0 bridgehead atoms. The second-order valence-corrected chi connectivity index (χ2v) is 4.30. The predicted molar refractivity (Wildman–Crippen MR) is 75.0 cm³/mol. The molecule has 0 aliphatic rings. The highest BCUT2D eigenvalue weighted by Gasteiger charge is 2.09. The van der Waals surface area contributed by atoms with Crippen LogP contribution in [-0.2, 0) is 20.8 Å². The van der Waals surface area contributed by atoms with Gasteiger partial charge in [0.2, 0.25) is 5.91 Å². The summed E-state index contributed by atoms with van der Waals surface area (Å²) < 4.78 is 5.32. The first-order chi connectivity index (χ1) is 9.99. The Hall–Kier alpha value is -2.57. The number of carbonyl (C=O) groups is 3. The van der Waals surface area contributed by atoms with Crippen LogP contribution in [0, 0.1) is 0 Å². The third-order valence-electron chi connectivity index (χ3n) is 2.49. The molecule has 0 aromatic heterocycles. The van der Waals surface area contributed by atoms with Gasteiger partial charge >= 0.3 is 5.97 Å². The van der Waals surface area contributed by atoms with E-state index in [2.05, 4.69) is 10.6 Å². The van der Waals surface area contributed by atoms with Gasteiger partial charge in [0.15, 0.2) is 6.61 Å². The zero-order valence-electron chi connectivity index (χ0n) is 11.7. The first-order valence-electron chi connectivity index (χ1n) is 6.42. The lowest BCUT2D eigenvalue weighted by molar-refractivity contribution is -0.136. The Morgan fingerprint density at radius 1 is 1.14 bits per heavy atom. The predicted octanol–water partition coefficient (Wildman–Crippen LogP) is -0.0552. The van der Waals surface area contributed by atoms with Gasteiger partial charge < -0.3 is 20.5 Å². The number of hydrogen-bond donors (Lipinski definition) is 3. The Kier molecular flexibility index (Phi) is 6.73. The molecule has 0 fully saturated rings. The minimum absolute atomic E-state index is 0.164. The number of para-hydroxylation sites is 1. The topological polar surface area (TPSA) is 105 Å². The summed E-state index contributed by atoms with van der Waals surface area (Å²) in [4.78, 5) is 32.9. The van der Waals surface area contributed by atoms with E-state index in [4.69, 9.17) is 9.84 Å². The zero-order chi connectivity index (χ0) is 15.7. The van der Waals surface area contributed by atoms with Crippen LogP contribution in [0.5, 0.6) is 5.75 Å². The molecule has 0 saturated carbocycles. The van der Waals surface area contributed by atoms with Gasteiger partial charge in [-0.15, -0.1) is 0 Å². The molecule has 0 heterocycles. The number of carboxylic acids is 1. The van der Waals surface area contributed by atoms with Gasteiger partial charge in [0, 0.05) is 25.6 Å². The maximum Gasteiger partial charge on any atom is 0.307 e. The fourth-order valence-corrected chi connectivity index (χ4v) is 1.59. The average Bonchev–Trinajstić information content (AvgIpc) is 2.42. The van der Waals surface area contributed by atoms with Crippen LogP contribution < -0.4 is 15.4 Å². The summed E-state index contributed by atoms with van der Waals surface area (Å²) in [6.07, 6.45) is -0.166. The van der Waals surface area contributed by atoms with Crippen LogP contribution in [0.1, 0.15) is 12.5 Å². The minimum atomic E-state index is -0.967. The molecule has 3 N–H and O–H groups in total. The normalized spacial score (nSPS) is 9.76. The number of ether oxygens (including phenoxy) is 1. The summed E-state index contributed by atoms with van der Waals surface area (Å²) in [5.41, 5.74) is 0.510. The molecular formula is C14H18N2O5. The van der Waals surface area contributed by atoms with Crippen molar-refractivity contribution in [2.24, 2.45) is 0 Å². The monoisotopic (exact) mass is 294 g/mol. The molecule has 21 heavy (non-hydrogen) atoms.